The summed E-state index contributed by atoms with van der Waals surface area (Å²) >= 11 is 5.78. The fraction of sp³-hybridized carbons (Fsp3) is 0.214. The number of aromatic nitrogens is 2. The van der Waals surface area contributed by atoms with Crippen LogP contribution in [0.15, 0.2) is 30.5 Å². The molecule has 0 bridgehead atoms. The molecule has 7 heteroatoms. The summed E-state index contributed by atoms with van der Waals surface area (Å²) in [7, 11) is 1.26. The Morgan fingerprint density at radius 1 is 1.33 bits per heavy atom. The second kappa shape index (κ2) is 6.41. The standard InChI is InChI=1S/C14H14ClN3O3/c1-3-18-8-11(12(17-18)14(20)21-2)16-13(19)9-4-6-10(15)7-5-9/h4-8H,3H2,1-2H3,(H,16,19). The maximum absolute atomic E-state index is 12.1. The fourth-order valence-electron chi connectivity index (χ4n) is 1.72. The molecule has 2 rings (SSSR count). The summed E-state index contributed by atoms with van der Waals surface area (Å²) in [6.07, 6.45) is 1.58. The Morgan fingerprint density at radius 3 is 2.57 bits per heavy atom. The smallest absolute Gasteiger partial charge is 0.360 e. The van der Waals surface area contributed by atoms with Crippen LogP contribution in [0.1, 0.15) is 27.8 Å². The first-order valence-corrected chi connectivity index (χ1v) is 6.65. The summed E-state index contributed by atoms with van der Waals surface area (Å²) in [5.41, 5.74) is 0.810. The number of aryl methyl sites for hydroxylation is 1. The summed E-state index contributed by atoms with van der Waals surface area (Å²) in [6, 6.07) is 6.43. The molecule has 0 radical (unpaired) electrons. The van der Waals surface area contributed by atoms with Gasteiger partial charge in [-0.3, -0.25) is 9.48 Å². The lowest BCUT2D eigenvalue weighted by atomic mass is 10.2. The molecule has 0 atom stereocenters. The third-order valence-electron chi connectivity index (χ3n) is 2.82. The van der Waals surface area contributed by atoms with E-state index in [2.05, 4.69) is 15.2 Å². The van der Waals surface area contributed by atoms with Crippen LogP contribution < -0.4 is 5.32 Å². The summed E-state index contributed by atoms with van der Waals surface area (Å²) in [5, 5.41) is 7.26. The number of carbonyl (C=O) groups is 2. The molecule has 0 fully saturated rings. The number of benzene rings is 1. The van der Waals surface area contributed by atoms with Crippen molar-refractivity contribution in [1.82, 2.24) is 9.78 Å². The Labute approximate surface area is 126 Å². The molecule has 0 saturated carbocycles. The van der Waals surface area contributed by atoms with Crippen molar-refractivity contribution in [2.24, 2.45) is 0 Å². The number of anilines is 1. The van der Waals surface area contributed by atoms with Crippen LogP contribution in [0.3, 0.4) is 0 Å². The minimum atomic E-state index is -0.603. The topological polar surface area (TPSA) is 73.2 Å². The molecule has 6 nitrogen and oxygen atoms in total. The second-order valence-electron chi connectivity index (χ2n) is 4.20. The van der Waals surface area contributed by atoms with E-state index in [-0.39, 0.29) is 11.6 Å². The first-order chi connectivity index (χ1) is 10.0. The number of amides is 1. The summed E-state index contributed by atoms with van der Waals surface area (Å²) in [6.45, 7) is 2.44. The maximum atomic E-state index is 12.1. The van der Waals surface area contributed by atoms with Crippen molar-refractivity contribution in [1.29, 1.82) is 0 Å². The largest absolute Gasteiger partial charge is 0.464 e. The van der Waals surface area contributed by atoms with Gasteiger partial charge in [-0.25, -0.2) is 4.79 Å². The first kappa shape index (κ1) is 15.1. The highest BCUT2D eigenvalue weighted by Crippen LogP contribution is 2.17. The minimum absolute atomic E-state index is 0.0710. The van der Waals surface area contributed by atoms with Gasteiger partial charge in [-0.05, 0) is 31.2 Å². The van der Waals surface area contributed by atoms with Gasteiger partial charge in [0.1, 0.15) is 0 Å². The van der Waals surface area contributed by atoms with Crippen LogP contribution in [-0.2, 0) is 11.3 Å². The molecular weight excluding hydrogens is 294 g/mol. The van der Waals surface area contributed by atoms with Crippen LogP contribution >= 0.6 is 11.6 Å². The van der Waals surface area contributed by atoms with Crippen molar-refractivity contribution in [2.75, 3.05) is 12.4 Å². The highest BCUT2D eigenvalue weighted by atomic mass is 35.5. The van der Waals surface area contributed by atoms with Crippen LogP contribution in [0.4, 0.5) is 5.69 Å². The number of hydrogen-bond donors (Lipinski definition) is 1. The zero-order chi connectivity index (χ0) is 15.4. The van der Waals surface area contributed by atoms with E-state index >= 15 is 0 Å². The number of hydrogen-bond acceptors (Lipinski definition) is 4. The molecule has 110 valence electrons. The number of nitrogens with one attached hydrogen (secondary N) is 1. The van der Waals surface area contributed by atoms with Gasteiger partial charge in [0.2, 0.25) is 0 Å². The molecule has 1 aromatic carbocycles. The molecular formula is C14H14ClN3O3. The highest BCUT2D eigenvalue weighted by Gasteiger charge is 2.19. The molecule has 0 aliphatic heterocycles. The number of carbonyl (C=O) groups excluding carboxylic acids is 2. The molecule has 1 N–H and O–H groups in total. The maximum Gasteiger partial charge on any atom is 0.360 e. The van der Waals surface area contributed by atoms with Crippen molar-refractivity contribution >= 4 is 29.2 Å². The average Bonchev–Trinajstić information content (AvgIpc) is 2.90. The van der Waals surface area contributed by atoms with Gasteiger partial charge >= 0.3 is 5.97 Å². The summed E-state index contributed by atoms with van der Waals surface area (Å²) in [5.74, 6) is -0.957. The zero-order valence-electron chi connectivity index (χ0n) is 11.6. The Balaban J connectivity index is 2.26. The van der Waals surface area contributed by atoms with Gasteiger partial charge in [0.15, 0.2) is 5.69 Å². The Bertz CT molecular complexity index is 665. The summed E-state index contributed by atoms with van der Waals surface area (Å²) < 4.78 is 6.20. The van der Waals surface area contributed by atoms with Gasteiger partial charge in [-0.1, -0.05) is 11.6 Å². The van der Waals surface area contributed by atoms with Crippen LogP contribution in [0, 0.1) is 0 Å². The van der Waals surface area contributed by atoms with Crippen LogP contribution in [0.25, 0.3) is 0 Å². The zero-order valence-corrected chi connectivity index (χ0v) is 12.3. The molecule has 1 aromatic heterocycles. The molecule has 0 spiro atoms. The van der Waals surface area contributed by atoms with Gasteiger partial charge in [0.25, 0.3) is 5.91 Å². The molecule has 0 aliphatic carbocycles. The molecule has 0 aliphatic rings. The molecule has 1 amide bonds. The van der Waals surface area contributed by atoms with E-state index in [0.717, 1.165) is 0 Å². The monoisotopic (exact) mass is 307 g/mol. The van der Waals surface area contributed by atoms with Gasteiger partial charge < -0.3 is 10.1 Å². The summed E-state index contributed by atoms with van der Waals surface area (Å²) in [4.78, 5) is 23.8. The van der Waals surface area contributed by atoms with Gasteiger partial charge in [-0.2, -0.15) is 5.10 Å². The number of halogens is 1. The third kappa shape index (κ3) is 3.41. The van der Waals surface area contributed by atoms with Gasteiger partial charge in [0.05, 0.1) is 12.8 Å². The van der Waals surface area contributed by atoms with Crippen LogP contribution in [0.2, 0.25) is 5.02 Å². The molecule has 21 heavy (non-hydrogen) atoms. The van der Waals surface area contributed by atoms with Crippen molar-refractivity contribution in [3.63, 3.8) is 0 Å². The predicted octanol–water partition coefficient (Wildman–Crippen LogP) is 2.60. The van der Waals surface area contributed by atoms with Gasteiger partial charge in [-0.15, -0.1) is 0 Å². The van der Waals surface area contributed by atoms with E-state index in [1.165, 1.54) is 7.11 Å². The Morgan fingerprint density at radius 2 is 2.00 bits per heavy atom. The fourth-order valence-corrected chi connectivity index (χ4v) is 1.84. The van der Waals surface area contributed by atoms with E-state index < -0.39 is 5.97 Å². The quantitative estimate of drug-likeness (QED) is 0.881. The van der Waals surface area contributed by atoms with Crippen LogP contribution in [-0.4, -0.2) is 28.8 Å². The molecule has 0 unspecified atom stereocenters. The third-order valence-corrected chi connectivity index (χ3v) is 3.07. The van der Waals surface area contributed by atoms with Gasteiger partial charge in [0, 0.05) is 23.3 Å². The Hall–Kier alpha value is -2.34. The van der Waals surface area contributed by atoms with Crippen molar-refractivity contribution in [3.8, 4) is 0 Å². The number of methoxy groups -OCH3 is 1. The SMILES string of the molecule is CCn1cc(NC(=O)c2ccc(Cl)cc2)c(C(=O)OC)n1. The lowest BCUT2D eigenvalue weighted by Crippen LogP contribution is -2.14. The van der Waals surface area contributed by atoms with E-state index in [9.17, 15) is 9.59 Å². The van der Waals surface area contributed by atoms with E-state index in [4.69, 9.17) is 11.6 Å². The van der Waals surface area contributed by atoms with E-state index in [1.54, 1.807) is 35.1 Å². The van der Waals surface area contributed by atoms with Crippen molar-refractivity contribution in [3.05, 3.63) is 46.7 Å². The highest BCUT2D eigenvalue weighted by molar-refractivity contribution is 6.30. The lowest BCUT2D eigenvalue weighted by molar-refractivity contribution is 0.0594. The predicted molar refractivity (Wildman–Crippen MR) is 78.6 cm³/mol. The number of esters is 1. The van der Waals surface area contributed by atoms with Crippen molar-refractivity contribution in [2.45, 2.75) is 13.5 Å². The molecule has 0 saturated heterocycles. The number of nitrogens with zero attached hydrogens (tertiary/aromatic N) is 2. The minimum Gasteiger partial charge on any atom is -0.464 e. The Kier molecular flexibility index (Phi) is 4.59. The van der Waals surface area contributed by atoms with E-state index in [0.29, 0.717) is 22.8 Å². The van der Waals surface area contributed by atoms with Crippen molar-refractivity contribution < 1.29 is 14.3 Å². The van der Waals surface area contributed by atoms with Crippen LogP contribution in [0.5, 0.6) is 0 Å². The number of ether oxygens (including phenoxy) is 1. The lowest BCUT2D eigenvalue weighted by Gasteiger charge is -2.04. The van der Waals surface area contributed by atoms with E-state index in [1.807, 2.05) is 6.92 Å². The molecule has 1 heterocycles. The second-order valence-corrected chi connectivity index (χ2v) is 4.64. The number of rotatable bonds is 4. The first-order valence-electron chi connectivity index (χ1n) is 6.27. The normalized spacial score (nSPS) is 10.2. The molecule has 2 aromatic rings. The average molecular weight is 308 g/mol.